The second-order valence-corrected chi connectivity index (χ2v) is 7.42. The highest BCUT2D eigenvalue weighted by molar-refractivity contribution is 5.68. The van der Waals surface area contributed by atoms with E-state index >= 15 is 0 Å². The zero-order valence-electron chi connectivity index (χ0n) is 15.6. The van der Waals surface area contributed by atoms with Crippen LogP contribution in [0, 0.1) is 5.41 Å². The average Bonchev–Trinajstić information content (AvgIpc) is 2.98. The van der Waals surface area contributed by atoms with Crippen molar-refractivity contribution < 1.29 is 35.9 Å². The number of alkyl halides is 6. The summed E-state index contributed by atoms with van der Waals surface area (Å²) in [4.78, 5) is 14.9. The Bertz CT molecular complexity index is 625. The fourth-order valence-electron chi connectivity index (χ4n) is 3.72. The third kappa shape index (κ3) is 6.18. The molecule has 2 rings (SSSR count). The summed E-state index contributed by atoms with van der Waals surface area (Å²) < 4.78 is 79.1. The first-order valence-electron chi connectivity index (χ1n) is 9.01. The Labute approximate surface area is 164 Å². The van der Waals surface area contributed by atoms with Gasteiger partial charge in [-0.15, -0.1) is 0 Å². The Hall–Kier alpha value is -2.11. The Balaban J connectivity index is 1.89. The quantitative estimate of drug-likeness (QED) is 0.529. The largest absolute Gasteiger partial charge is 0.434 e. The van der Waals surface area contributed by atoms with Crippen LogP contribution in [0.1, 0.15) is 19.3 Å². The van der Waals surface area contributed by atoms with E-state index in [0.29, 0.717) is 31.6 Å². The van der Waals surface area contributed by atoms with Gasteiger partial charge in [0.05, 0.1) is 0 Å². The van der Waals surface area contributed by atoms with Gasteiger partial charge >= 0.3 is 18.4 Å². The molecular weight excluding hydrogens is 406 g/mol. The van der Waals surface area contributed by atoms with E-state index in [1.807, 2.05) is 0 Å². The van der Waals surface area contributed by atoms with Gasteiger partial charge in [0.2, 0.25) is 0 Å². The number of amides is 1. The van der Waals surface area contributed by atoms with E-state index in [0.717, 1.165) is 17.9 Å². The SMILES string of the molecule is N/C=C\C=C(/N)CN1CCC2(CCN(C(=O)OC(C(F)(F)F)C(F)(F)F)CC2)C1. The molecule has 2 fully saturated rings. The number of carbonyl (C=O) groups is 1. The van der Waals surface area contributed by atoms with Crippen LogP contribution < -0.4 is 11.5 Å². The molecule has 0 saturated carbocycles. The lowest BCUT2D eigenvalue weighted by Crippen LogP contribution is -2.50. The normalized spacial score (nSPS) is 21.5. The van der Waals surface area contributed by atoms with Gasteiger partial charge < -0.3 is 21.1 Å². The van der Waals surface area contributed by atoms with Crippen molar-refractivity contribution in [3.05, 3.63) is 24.0 Å². The molecule has 0 aromatic carbocycles. The van der Waals surface area contributed by atoms with E-state index in [1.54, 1.807) is 12.2 Å². The minimum absolute atomic E-state index is 0.0380. The Morgan fingerprint density at radius 3 is 2.14 bits per heavy atom. The number of carbonyl (C=O) groups excluding carboxylic acids is 1. The topological polar surface area (TPSA) is 84.8 Å². The maximum Gasteiger partial charge on any atom is 0.434 e. The zero-order chi connectivity index (χ0) is 21.9. The smallest absolute Gasteiger partial charge is 0.426 e. The van der Waals surface area contributed by atoms with E-state index in [4.69, 9.17) is 11.5 Å². The lowest BCUT2D eigenvalue weighted by molar-refractivity contribution is -0.308. The number of piperidine rings is 1. The Kier molecular flexibility index (Phi) is 6.97. The lowest BCUT2D eigenvalue weighted by Gasteiger charge is -2.39. The van der Waals surface area contributed by atoms with Gasteiger partial charge in [-0.25, -0.2) is 4.79 Å². The number of halogens is 6. The van der Waals surface area contributed by atoms with E-state index in [9.17, 15) is 31.1 Å². The number of allylic oxidation sites excluding steroid dienone is 2. The van der Waals surface area contributed by atoms with E-state index < -0.39 is 24.5 Å². The molecule has 0 radical (unpaired) electrons. The van der Waals surface area contributed by atoms with E-state index in [1.165, 1.54) is 6.20 Å². The van der Waals surface area contributed by atoms with Crippen molar-refractivity contribution in [2.24, 2.45) is 16.9 Å². The van der Waals surface area contributed by atoms with Crippen LogP contribution in [-0.2, 0) is 4.74 Å². The minimum Gasteiger partial charge on any atom is -0.426 e. The van der Waals surface area contributed by atoms with Crippen molar-refractivity contribution in [2.75, 3.05) is 32.7 Å². The number of rotatable bonds is 4. The first-order chi connectivity index (χ1) is 13.4. The molecule has 0 atom stereocenters. The highest BCUT2D eigenvalue weighted by Crippen LogP contribution is 2.41. The molecule has 0 aromatic rings. The summed E-state index contributed by atoms with van der Waals surface area (Å²) in [7, 11) is 0. The molecule has 2 heterocycles. The van der Waals surface area contributed by atoms with Gasteiger partial charge in [-0.1, -0.05) is 0 Å². The van der Waals surface area contributed by atoms with Crippen molar-refractivity contribution >= 4 is 6.09 Å². The van der Waals surface area contributed by atoms with Crippen molar-refractivity contribution in [3.63, 3.8) is 0 Å². The molecule has 6 nitrogen and oxygen atoms in total. The van der Waals surface area contributed by atoms with Crippen LogP contribution in [0.4, 0.5) is 31.1 Å². The maximum absolute atomic E-state index is 12.6. The van der Waals surface area contributed by atoms with Crippen molar-refractivity contribution in [3.8, 4) is 0 Å². The number of hydrogen-bond donors (Lipinski definition) is 2. The molecule has 12 heteroatoms. The standard InChI is InChI=1S/C17H24F6N4O2/c18-16(19,20)13(17(21,22)23)29-14(28)27-8-4-15(5-9-27)3-7-26(11-15)10-12(25)2-1-6-24/h1-2,6,13H,3-5,7-11,24-25H2/b6-1-,12-2-. The first-order valence-corrected chi connectivity index (χ1v) is 9.01. The zero-order valence-corrected chi connectivity index (χ0v) is 15.6. The molecule has 2 saturated heterocycles. The van der Waals surface area contributed by atoms with Gasteiger partial charge in [-0.2, -0.15) is 26.3 Å². The molecule has 1 spiro atoms. The summed E-state index contributed by atoms with van der Waals surface area (Å²) in [5.74, 6) is 0. The first kappa shape index (κ1) is 23.2. The van der Waals surface area contributed by atoms with Crippen molar-refractivity contribution in [1.82, 2.24) is 9.80 Å². The second-order valence-electron chi connectivity index (χ2n) is 7.42. The van der Waals surface area contributed by atoms with Crippen molar-refractivity contribution in [2.45, 2.75) is 37.7 Å². The molecule has 0 aromatic heterocycles. The predicted octanol–water partition coefficient (Wildman–Crippen LogP) is 2.72. The Morgan fingerprint density at radius 1 is 1.07 bits per heavy atom. The monoisotopic (exact) mass is 430 g/mol. The molecule has 2 aliphatic rings. The summed E-state index contributed by atoms with van der Waals surface area (Å²) in [6, 6.07) is 0. The van der Waals surface area contributed by atoms with Crippen LogP contribution in [-0.4, -0.2) is 67.1 Å². The highest BCUT2D eigenvalue weighted by atomic mass is 19.4. The minimum atomic E-state index is -5.72. The number of hydrogen-bond acceptors (Lipinski definition) is 5. The summed E-state index contributed by atoms with van der Waals surface area (Å²) >= 11 is 0. The maximum atomic E-state index is 12.6. The van der Waals surface area contributed by atoms with E-state index in [-0.39, 0.29) is 18.5 Å². The van der Waals surface area contributed by atoms with Gasteiger partial charge in [-0.3, -0.25) is 4.90 Å². The number of ether oxygens (including phenoxy) is 1. The molecule has 1 amide bonds. The average molecular weight is 430 g/mol. The van der Waals surface area contributed by atoms with Crippen LogP contribution in [0.15, 0.2) is 24.0 Å². The van der Waals surface area contributed by atoms with Crippen LogP contribution in [0.3, 0.4) is 0 Å². The summed E-state index contributed by atoms with van der Waals surface area (Å²) in [6.45, 7) is 2.05. The van der Waals surface area contributed by atoms with Crippen LogP contribution in [0.5, 0.6) is 0 Å². The van der Waals surface area contributed by atoms with Gasteiger partial charge in [0.25, 0.3) is 6.10 Å². The number of likely N-dealkylation sites (tertiary alicyclic amines) is 2. The summed E-state index contributed by atoms with van der Waals surface area (Å²) in [5.41, 5.74) is 11.6. The van der Waals surface area contributed by atoms with Gasteiger partial charge in [0, 0.05) is 31.9 Å². The molecule has 4 N–H and O–H groups in total. The molecule has 166 valence electrons. The number of nitrogens with zero attached hydrogens (tertiary/aromatic N) is 2. The van der Waals surface area contributed by atoms with Crippen molar-refractivity contribution in [1.29, 1.82) is 0 Å². The fraction of sp³-hybridized carbons (Fsp3) is 0.706. The molecule has 2 aliphatic heterocycles. The lowest BCUT2D eigenvalue weighted by atomic mass is 9.78. The third-order valence-electron chi connectivity index (χ3n) is 5.24. The van der Waals surface area contributed by atoms with E-state index in [2.05, 4.69) is 9.64 Å². The van der Waals surface area contributed by atoms with Crippen LogP contribution in [0.25, 0.3) is 0 Å². The van der Waals surface area contributed by atoms with Gasteiger partial charge in [0.1, 0.15) is 0 Å². The summed E-state index contributed by atoms with van der Waals surface area (Å²) in [5, 5.41) is 0. The molecule has 0 bridgehead atoms. The summed E-state index contributed by atoms with van der Waals surface area (Å²) in [6.07, 6.45) is -10.8. The fourth-order valence-corrected chi connectivity index (χ4v) is 3.72. The predicted molar refractivity (Wildman–Crippen MR) is 92.3 cm³/mol. The molecule has 0 unspecified atom stereocenters. The van der Waals surface area contributed by atoms with Crippen LogP contribution >= 0.6 is 0 Å². The second kappa shape index (κ2) is 8.72. The third-order valence-corrected chi connectivity index (χ3v) is 5.24. The highest BCUT2D eigenvalue weighted by Gasteiger charge is 2.60. The van der Waals surface area contributed by atoms with Gasteiger partial charge in [0.15, 0.2) is 0 Å². The number of nitrogens with two attached hydrogens (primary N) is 2. The molecular formula is C17H24F6N4O2. The molecule has 29 heavy (non-hydrogen) atoms. The van der Waals surface area contributed by atoms with Crippen LogP contribution in [0.2, 0.25) is 0 Å². The Morgan fingerprint density at radius 2 is 1.62 bits per heavy atom. The molecule has 0 aliphatic carbocycles. The van der Waals surface area contributed by atoms with Gasteiger partial charge in [-0.05, 0) is 49.6 Å².